The standard InChI is InChI=1S/C14H9O.C5H5.Fe/c15-11-14-9-7-13(8-10-14)6-5-12-3-1-2-4-12;1-2-4-5-3-1;/h1-4,7-11H;1-5H;/q2*-1;+2. The van der Waals surface area contributed by atoms with E-state index in [1.54, 1.807) is 12.1 Å². The van der Waals surface area contributed by atoms with Crippen LogP contribution in [0.4, 0.5) is 0 Å². The van der Waals surface area contributed by atoms with Gasteiger partial charge in [0.15, 0.2) is 0 Å². The van der Waals surface area contributed by atoms with Crippen LogP contribution in [0.25, 0.3) is 0 Å². The SMILES string of the molecule is O=Cc1ccc(C#C[c-]2cccc2)cc1.[Fe+2].c1cc[cH-]c1. The normalized spacial score (nSPS) is 8.38. The first kappa shape index (κ1) is 16.7. The van der Waals surface area contributed by atoms with E-state index >= 15 is 0 Å². The van der Waals surface area contributed by atoms with Gasteiger partial charge in [-0.3, -0.25) is 4.79 Å². The predicted octanol–water partition coefficient (Wildman–Crippen LogP) is 4.02. The summed E-state index contributed by atoms with van der Waals surface area (Å²) in [6.07, 6.45) is 0.828. The minimum atomic E-state index is 0. The summed E-state index contributed by atoms with van der Waals surface area (Å²) in [5.74, 6) is 6.07. The van der Waals surface area contributed by atoms with Crippen LogP contribution in [0.15, 0.2) is 78.9 Å². The largest absolute Gasteiger partial charge is 2.00 e. The van der Waals surface area contributed by atoms with Crippen molar-refractivity contribution in [3.05, 3.63) is 95.6 Å². The molecule has 0 amide bonds. The van der Waals surface area contributed by atoms with Crippen molar-refractivity contribution >= 4 is 6.29 Å². The summed E-state index contributed by atoms with van der Waals surface area (Å²) >= 11 is 0. The van der Waals surface area contributed by atoms with Crippen molar-refractivity contribution in [2.24, 2.45) is 0 Å². The van der Waals surface area contributed by atoms with Crippen molar-refractivity contribution in [3.8, 4) is 11.8 Å². The van der Waals surface area contributed by atoms with Gasteiger partial charge in [0.05, 0.1) is 0 Å². The number of carbonyl (C=O) groups excluding carboxylic acids is 1. The fourth-order valence-electron chi connectivity index (χ4n) is 1.57. The number of aldehydes is 1. The summed E-state index contributed by atoms with van der Waals surface area (Å²) in [6.45, 7) is 0. The van der Waals surface area contributed by atoms with Crippen LogP contribution in [0.2, 0.25) is 0 Å². The van der Waals surface area contributed by atoms with Gasteiger partial charge in [0.1, 0.15) is 6.29 Å². The zero-order chi connectivity index (χ0) is 14.0. The average Bonchev–Trinajstić information content (AvgIpc) is 3.21. The van der Waals surface area contributed by atoms with E-state index in [0.29, 0.717) is 5.56 Å². The number of rotatable bonds is 1. The maximum Gasteiger partial charge on any atom is 2.00 e. The van der Waals surface area contributed by atoms with Crippen LogP contribution >= 0.6 is 0 Å². The van der Waals surface area contributed by atoms with Crippen molar-refractivity contribution in [1.82, 2.24) is 0 Å². The Bertz CT molecular complexity index is 648. The molecule has 0 unspecified atom stereocenters. The molecule has 3 rings (SSSR count). The maximum atomic E-state index is 10.4. The van der Waals surface area contributed by atoms with Crippen LogP contribution < -0.4 is 0 Å². The van der Waals surface area contributed by atoms with Crippen LogP contribution in [0, 0.1) is 11.8 Å². The molecule has 0 aliphatic rings. The van der Waals surface area contributed by atoms with Gasteiger partial charge < -0.3 is 0 Å². The molecule has 0 aliphatic heterocycles. The third kappa shape index (κ3) is 6.10. The van der Waals surface area contributed by atoms with E-state index in [1.807, 2.05) is 66.7 Å². The molecule has 0 radical (unpaired) electrons. The van der Waals surface area contributed by atoms with Crippen LogP contribution in [0.1, 0.15) is 21.5 Å². The molecular weight excluding hydrogens is 300 g/mol. The van der Waals surface area contributed by atoms with Crippen LogP contribution in [-0.4, -0.2) is 6.29 Å². The van der Waals surface area contributed by atoms with Crippen LogP contribution in [-0.2, 0) is 17.1 Å². The predicted molar refractivity (Wildman–Crippen MR) is 81.9 cm³/mol. The van der Waals surface area contributed by atoms with Crippen molar-refractivity contribution in [3.63, 3.8) is 0 Å². The number of hydrogen-bond donors (Lipinski definition) is 0. The molecule has 0 aromatic heterocycles. The van der Waals surface area contributed by atoms with Gasteiger partial charge in [-0.2, -0.15) is 42.2 Å². The molecule has 2 heteroatoms. The maximum absolute atomic E-state index is 10.4. The fourth-order valence-corrected chi connectivity index (χ4v) is 1.57. The van der Waals surface area contributed by atoms with E-state index in [2.05, 4.69) is 11.8 Å². The Labute approximate surface area is 135 Å². The van der Waals surface area contributed by atoms with Gasteiger partial charge in [-0.05, 0) is 5.56 Å². The molecule has 0 saturated carbocycles. The third-order valence-corrected chi connectivity index (χ3v) is 2.62. The van der Waals surface area contributed by atoms with E-state index in [4.69, 9.17) is 0 Å². The van der Waals surface area contributed by atoms with E-state index in [9.17, 15) is 4.79 Å². The minimum Gasteiger partial charge on any atom is -0.298 e. The Morgan fingerprint density at radius 2 is 1.57 bits per heavy atom. The quantitative estimate of drug-likeness (QED) is 0.287. The molecule has 3 aromatic carbocycles. The molecule has 0 saturated heterocycles. The zero-order valence-corrected chi connectivity index (χ0v) is 12.4. The van der Waals surface area contributed by atoms with E-state index in [1.165, 1.54) is 0 Å². The molecule has 21 heavy (non-hydrogen) atoms. The second-order valence-corrected chi connectivity index (χ2v) is 4.13. The van der Waals surface area contributed by atoms with Crippen LogP contribution in [0.3, 0.4) is 0 Å². The van der Waals surface area contributed by atoms with E-state index in [0.717, 1.165) is 17.4 Å². The van der Waals surface area contributed by atoms with Gasteiger partial charge in [-0.15, -0.1) is 12.1 Å². The molecule has 104 valence electrons. The van der Waals surface area contributed by atoms with E-state index < -0.39 is 0 Å². The van der Waals surface area contributed by atoms with Gasteiger partial charge in [0.25, 0.3) is 0 Å². The molecule has 0 atom stereocenters. The molecule has 0 spiro atoms. The molecule has 3 aromatic rings. The minimum absolute atomic E-state index is 0. The molecule has 0 heterocycles. The number of benzene rings is 1. The first-order valence-corrected chi connectivity index (χ1v) is 6.34. The molecule has 0 fully saturated rings. The van der Waals surface area contributed by atoms with E-state index in [-0.39, 0.29) is 17.1 Å². The molecule has 0 aliphatic carbocycles. The van der Waals surface area contributed by atoms with Gasteiger partial charge in [0.2, 0.25) is 0 Å². The molecule has 0 bridgehead atoms. The monoisotopic (exact) mass is 314 g/mol. The van der Waals surface area contributed by atoms with Gasteiger partial charge >= 0.3 is 17.1 Å². The van der Waals surface area contributed by atoms with Crippen molar-refractivity contribution in [2.75, 3.05) is 0 Å². The van der Waals surface area contributed by atoms with Gasteiger partial charge in [-0.25, -0.2) is 12.1 Å². The first-order chi connectivity index (χ1) is 9.88. The Hall–Kier alpha value is -2.33. The summed E-state index contributed by atoms with van der Waals surface area (Å²) in [5, 5.41) is 0. The van der Waals surface area contributed by atoms with Gasteiger partial charge in [0, 0.05) is 5.56 Å². The Kier molecular flexibility index (Phi) is 7.61. The second kappa shape index (κ2) is 9.55. The summed E-state index contributed by atoms with van der Waals surface area (Å²) in [6, 6.07) is 25.1. The van der Waals surface area contributed by atoms with Crippen molar-refractivity contribution in [2.45, 2.75) is 0 Å². The smallest absolute Gasteiger partial charge is 0.298 e. The van der Waals surface area contributed by atoms with Crippen molar-refractivity contribution in [1.29, 1.82) is 0 Å². The second-order valence-electron chi connectivity index (χ2n) is 4.13. The topological polar surface area (TPSA) is 17.1 Å². The fraction of sp³-hybridized carbons (Fsp3) is 0. The van der Waals surface area contributed by atoms with Crippen LogP contribution in [0.5, 0.6) is 0 Å². The Balaban J connectivity index is 0.000000313. The van der Waals surface area contributed by atoms with Gasteiger partial charge in [-0.1, -0.05) is 29.8 Å². The average molecular weight is 314 g/mol. The molecule has 0 N–H and O–H groups in total. The zero-order valence-electron chi connectivity index (χ0n) is 11.3. The van der Waals surface area contributed by atoms with Crippen molar-refractivity contribution < 1.29 is 21.9 Å². The summed E-state index contributed by atoms with van der Waals surface area (Å²) < 4.78 is 0. The third-order valence-electron chi connectivity index (χ3n) is 2.62. The molecule has 1 nitrogen and oxygen atoms in total. The number of carbonyl (C=O) groups is 1. The number of hydrogen-bond acceptors (Lipinski definition) is 1. The Morgan fingerprint density at radius 3 is 2.05 bits per heavy atom. The Morgan fingerprint density at radius 1 is 0.952 bits per heavy atom. The molecular formula is C19H14FeO. The first-order valence-electron chi connectivity index (χ1n) is 6.34. The summed E-state index contributed by atoms with van der Waals surface area (Å²) in [5.41, 5.74) is 2.60. The summed E-state index contributed by atoms with van der Waals surface area (Å²) in [7, 11) is 0. The summed E-state index contributed by atoms with van der Waals surface area (Å²) in [4.78, 5) is 10.4.